The fourth-order valence-electron chi connectivity index (χ4n) is 0.571. The second-order valence-electron chi connectivity index (χ2n) is 1.99. The van der Waals surface area contributed by atoms with Crippen LogP contribution in [0, 0.1) is 0 Å². The molecule has 0 aromatic carbocycles. The third-order valence-corrected chi connectivity index (χ3v) is 1.06. The van der Waals surface area contributed by atoms with Crippen molar-refractivity contribution < 1.29 is 10.9 Å². The summed E-state index contributed by atoms with van der Waals surface area (Å²) in [4.78, 5) is 0. The third kappa shape index (κ3) is 34.7. The van der Waals surface area contributed by atoms with Gasteiger partial charge in [0.1, 0.15) is 0 Å². The number of rotatable bonds is 4. The van der Waals surface area contributed by atoms with E-state index in [-0.39, 0.29) is 0 Å². The van der Waals surface area contributed by atoms with Crippen LogP contribution in [-0.2, 0) is 10.9 Å². The maximum absolute atomic E-state index is 5.27. The van der Waals surface area contributed by atoms with Gasteiger partial charge in [-0.15, -0.1) is 0 Å². The summed E-state index contributed by atoms with van der Waals surface area (Å²) in [5.74, 6) is 0. The molecule has 0 atom stereocenters. The van der Waals surface area contributed by atoms with Gasteiger partial charge in [-0.2, -0.15) is 0 Å². The summed E-state index contributed by atoms with van der Waals surface area (Å²) in [5.41, 5.74) is 5.27. The van der Waals surface area contributed by atoms with Crippen LogP contribution in [0.3, 0.4) is 0 Å². The zero-order valence-electron chi connectivity index (χ0n) is 6.58. The predicted octanol–water partition coefficient (Wildman–Crippen LogP) is 3.59. The quantitative estimate of drug-likeness (QED) is 0.773. The van der Waals surface area contributed by atoms with E-state index in [1.807, 2.05) is 0 Å². The molecule has 0 fully saturated rings. The number of unbranched alkanes of at least 4 members (excludes halogenated alkanes) is 3. The van der Waals surface area contributed by atoms with Gasteiger partial charge in [-0.1, -0.05) is 26.2 Å². The van der Waals surface area contributed by atoms with E-state index in [1.54, 1.807) is 0 Å². The second-order valence-corrected chi connectivity index (χ2v) is 7.15. The molecule has 0 aliphatic heterocycles. The van der Waals surface area contributed by atoms with Crippen LogP contribution >= 0.6 is 30.4 Å². The Labute approximate surface area is 86.1 Å². The number of halogens is 3. The van der Waals surface area contributed by atoms with Gasteiger partial charge in [0.05, 0.1) is 0 Å². The molecule has 0 rings (SSSR count). The zero-order chi connectivity index (χ0) is 9.11. The molecule has 5 heteroatoms. The van der Waals surface area contributed by atoms with E-state index >= 15 is 0 Å². The zero-order valence-corrected chi connectivity index (χ0v) is 9.89. The van der Waals surface area contributed by atoms with Crippen LogP contribution in [0.15, 0.2) is 0 Å². The summed E-state index contributed by atoms with van der Waals surface area (Å²) in [7, 11) is 13.4. The Morgan fingerprint density at radius 3 is 1.82 bits per heavy atom. The Balaban J connectivity index is 0. The molecule has 0 spiro atoms. The monoisotopic (exact) mass is 265 g/mol. The van der Waals surface area contributed by atoms with Crippen molar-refractivity contribution >= 4 is 30.4 Å². The van der Waals surface area contributed by atoms with Gasteiger partial charge in [-0.3, -0.25) is 0 Å². The Morgan fingerprint density at radius 1 is 1.09 bits per heavy atom. The molecule has 2 N–H and O–H groups in total. The van der Waals surface area contributed by atoms with Gasteiger partial charge in [-0.05, 0) is 13.0 Å². The topological polar surface area (TPSA) is 26.0 Å². The molecular formula is C6H15Cl3CoN. The average Bonchev–Trinajstić information content (AvgIpc) is 1.88. The number of nitrogens with two attached hydrogens (primary N) is 1. The summed E-state index contributed by atoms with van der Waals surface area (Å²) in [6, 6.07) is 0. The fourth-order valence-corrected chi connectivity index (χ4v) is 0.571. The Bertz CT molecular complexity index is 57.0. The van der Waals surface area contributed by atoms with Crippen molar-refractivity contribution in [3.63, 3.8) is 0 Å². The molecule has 0 aliphatic rings. The first-order chi connectivity index (χ1) is 5.15. The molecule has 0 bridgehead atoms. The van der Waals surface area contributed by atoms with Crippen molar-refractivity contribution in [1.29, 1.82) is 0 Å². The summed E-state index contributed by atoms with van der Waals surface area (Å²) in [6.45, 7) is 3.07. The van der Waals surface area contributed by atoms with Gasteiger partial charge in [0.2, 0.25) is 0 Å². The van der Waals surface area contributed by atoms with Crippen molar-refractivity contribution in [2.24, 2.45) is 5.73 Å². The Hall–Kier alpha value is 1.34. The van der Waals surface area contributed by atoms with E-state index in [0.29, 0.717) is 0 Å². The van der Waals surface area contributed by atoms with Gasteiger partial charge in [-0.25, -0.2) is 0 Å². The summed E-state index contributed by atoms with van der Waals surface area (Å²) >= 11 is 0. The standard InChI is InChI=1S/C6H15N.3ClH.Co/c1-2-3-4-5-6-7;;;;/h2-7H2,1H3;3*1H;/q;;;;+3/p-3. The molecule has 0 unspecified atom stereocenters. The molecular weight excluding hydrogens is 251 g/mol. The summed E-state index contributed by atoms with van der Waals surface area (Å²) in [6.07, 6.45) is 5.16. The van der Waals surface area contributed by atoms with E-state index in [9.17, 15) is 0 Å². The van der Waals surface area contributed by atoms with Gasteiger partial charge < -0.3 is 5.73 Å². The van der Waals surface area contributed by atoms with Gasteiger partial charge in [0.25, 0.3) is 0 Å². The van der Waals surface area contributed by atoms with Crippen LogP contribution in [0.1, 0.15) is 32.6 Å². The first kappa shape index (κ1) is 14.8. The van der Waals surface area contributed by atoms with Crippen LogP contribution in [-0.4, -0.2) is 6.54 Å². The van der Waals surface area contributed by atoms with Crippen molar-refractivity contribution in [2.45, 2.75) is 32.6 Å². The van der Waals surface area contributed by atoms with Crippen LogP contribution in [0.25, 0.3) is 0 Å². The second kappa shape index (κ2) is 13.9. The van der Waals surface area contributed by atoms with Crippen molar-refractivity contribution in [3.05, 3.63) is 0 Å². The van der Waals surface area contributed by atoms with Gasteiger partial charge in [0.15, 0.2) is 0 Å². The van der Waals surface area contributed by atoms with E-state index in [0.717, 1.165) is 6.54 Å². The summed E-state index contributed by atoms with van der Waals surface area (Å²) in [5, 5.41) is 0. The predicted molar refractivity (Wildman–Crippen MR) is 50.8 cm³/mol. The van der Waals surface area contributed by atoms with Crippen molar-refractivity contribution in [1.82, 2.24) is 0 Å². The molecule has 74 valence electrons. The van der Waals surface area contributed by atoms with Crippen LogP contribution in [0.4, 0.5) is 0 Å². The molecule has 0 saturated carbocycles. The first-order valence-electron chi connectivity index (χ1n) is 3.49. The normalized spacial score (nSPS) is 10.1. The molecule has 0 heterocycles. The maximum atomic E-state index is 5.27. The fraction of sp³-hybridized carbons (Fsp3) is 1.00. The molecule has 1 nitrogen and oxygen atoms in total. The molecule has 0 aliphatic carbocycles. The number of hydrogen-bond acceptors (Lipinski definition) is 1. The van der Waals surface area contributed by atoms with E-state index in [4.69, 9.17) is 36.2 Å². The first-order valence-corrected chi connectivity index (χ1v) is 7.79. The molecule has 0 aromatic rings. The van der Waals surface area contributed by atoms with E-state index < -0.39 is 10.9 Å². The van der Waals surface area contributed by atoms with Crippen LogP contribution < -0.4 is 5.73 Å². The van der Waals surface area contributed by atoms with Crippen molar-refractivity contribution in [2.75, 3.05) is 6.54 Å². The van der Waals surface area contributed by atoms with E-state index in [2.05, 4.69) is 6.92 Å². The van der Waals surface area contributed by atoms with Crippen LogP contribution in [0.5, 0.6) is 0 Å². The Kier molecular flexibility index (Phi) is 18.7. The SMILES string of the molecule is CCCCCCN.[Cl][Co]([Cl])[Cl]. The molecule has 0 saturated heterocycles. The molecule has 0 amide bonds. The molecule has 0 aromatic heterocycles. The van der Waals surface area contributed by atoms with E-state index in [1.165, 1.54) is 25.7 Å². The molecule has 0 radical (unpaired) electrons. The minimum absolute atomic E-state index is 0.861. The molecule has 11 heavy (non-hydrogen) atoms. The summed E-state index contributed by atoms with van der Waals surface area (Å²) < 4.78 is 0. The Morgan fingerprint density at radius 2 is 1.55 bits per heavy atom. The van der Waals surface area contributed by atoms with Gasteiger partial charge in [0, 0.05) is 0 Å². The third-order valence-electron chi connectivity index (χ3n) is 1.06. The minimum atomic E-state index is -1.19. The van der Waals surface area contributed by atoms with Crippen LogP contribution in [0.2, 0.25) is 0 Å². The van der Waals surface area contributed by atoms with Gasteiger partial charge >= 0.3 is 41.4 Å². The number of hydrogen-bond donors (Lipinski definition) is 1. The average molecular weight is 266 g/mol. The van der Waals surface area contributed by atoms with Crippen molar-refractivity contribution in [3.8, 4) is 0 Å².